The van der Waals surface area contributed by atoms with E-state index in [2.05, 4.69) is 16.8 Å². The van der Waals surface area contributed by atoms with Crippen LogP contribution in [0, 0.1) is 11.7 Å². The van der Waals surface area contributed by atoms with Crippen molar-refractivity contribution in [3.05, 3.63) is 28.2 Å². The molecule has 1 aromatic heterocycles. The van der Waals surface area contributed by atoms with Crippen LogP contribution >= 0.6 is 11.6 Å². The van der Waals surface area contributed by atoms with Gasteiger partial charge in [0.1, 0.15) is 6.61 Å². The lowest BCUT2D eigenvalue weighted by Gasteiger charge is -2.34. The van der Waals surface area contributed by atoms with Crippen molar-refractivity contribution in [1.82, 2.24) is 9.88 Å². The van der Waals surface area contributed by atoms with Gasteiger partial charge in [-0.1, -0.05) is 18.5 Å². The van der Waals surface area contributed by atoms with E-state index in [0.29, 0.717) is 24.4 Å². The molecule has 2 aliphatic heterocycles. The van der Waals surface area contributed by atoms with Gasteiger partial charge in [0, 0.05) is 48.4 Å². The zero-order valence-electron chi connectivity index (χ0n) is 15.0. The summed E-state index contributed by atoms with van der Waals surface area (Å²) in [6.45, 7) is 5.95. The second kappa shape index (κ2) is 6.43. The molecule has 2 aliphatic rings. The highest BCUT2D eigenvalue weighted by molar-refractivity contribution is 6.32. The molecule has 5 nitrogen and oxygen atoms in total. The number of rotatable bonds is 2. The summed E-state index contributed by atoms with van der Waals surface area (Å²) in [6.07, 6.45) is 1.70. The minimum Gasteiger partial charge on any atom is -0.387 e. The summed E-state index contributed by atoms with van der Waals surface area (Å²) in [6, 6.07) is 1.48. The Kier molecular flexibility index (Phi) is 4.35. The van der Waals surface area contributed by atoms with Gasteiger partial charge < -0.3 is 19.9 Å². The Morgan fingerprint density at radius 3 is 2.85 bits per heavy atom. The Labute approximate surface area is 156 Å². The number of aromatic amines is 1. The fraction of sp³-hybridized carbons (Fsp3) is 0.526. The molecule has 0 spiro atoms. The van der Waals surface area contributed by atoms with E-state index in [9.17, 15) is 14.3 Å². The smallest absolute Gasteiger partial charge is 0.248 e. The number of hydrogen-bond donors (Lipinski definition) is 2. The van der Waals surface area contributed by atoms with E-state index in [4.69, 9.17) is 11.6 Å². The Morgan fingerprint density at radius 2 is 2.19 bits per heavy atom. The highest BCUT2D eigenvalue weighted by Crippen LogP contribution is 2.44. The van der Waals surface area contributed by atoms with Crippen molar-refractivity contribution < 1.29 is 14.3 Å². The number of fused-ring (bicyclic) bond motifs is 3. The summed E-state index contributed by atoms with van der Waals surface area (Å²) < 4.78 is 14.8. The van der Waals surface area contributed by atoms with E-state index in [0.717, 1.165) is 41.8 Å². The Hall–Kier alpha value is -1.79. The minimum atomic E-state index is -0.515. The molecule has 0 aliphatic carbocycles. The summed E-state index contributed by atoms with van der Waals surface area (Å²) in [5.41, 5.74) is 3.24. The van der Waals surface area contributed by atoms with Crippen molar-refractivity contribution in [3.63, 3.8) is 0 Å². The molecule has 26 heavy (non-hydrogen) atoms. The monoisotopic (exact) mass is 379 g/mol. The number of carbonyl (C=O) groups is 1. The fourth-order valence-electron chi connectivity index (χ4n) is 4.45. The van der Waals surface area contributed by atoms with Crippen molar-refractivity contribution in [1.29, 1.82) is 0 Å². The maximum Gasteiger partial charge on any atom is 0.248 e. The molecule has 1 fully saturated rings. The van der Waals surface area contributed by atoms with E-state index < -0.39 is 12.4 Å². The second-order valence-corrected chi connectivity index (χ2v) is 7.88. The van der Waals surface area contributed by atoms with Crippen molar-refractivity contribution in [2.24, 2.45) is 5.92 Å². The van der Waals surface area contributed by atoms with Crippen LogP contribution in [-0.4, -0.2) is 47.1 Å². The first-order valence-corrected chi connectivity index (χ1v) is 9.47. The number of benzene rings is 1. The zero-order chi connectivity index (χ0) is 18.6. The number of H-pyrrole nitrogens is 1. The molecule has 1 aromatic carbocycles. The third-order valence-electron chi connectivity index (χ3n) is 5.78. The van der Waals surface area contributed by atoms with Crippen molar-refractivity contribution in [2.45, 2.75) is 32.7 Å². The number of anilines is 1. The van der Waals surface area contributed by atoms with Gasteiger partial charge in [-0.15, -0.1) is 0 Å². The van der Waals surface area contributed by atoms with Gasteiger partial charge in [-0.25, -0.2) is 4.39 Å². The van der Waals surface area contributed by atoms with Crippen LogP contribution in [-0.2, 0) is 11.2 Å². The van der Waals surface area contributed by atoms with Crippen LogP contribution in [0.4, 0.5) is 10.1 Å². The van der Waals surface area contributed by atoms with Gasteiger partial charge in [-0.3, -0.25) is 4.79 Å². The highest BCUT2D eigenvalue weighted by Gasteiger charge is 2.34. The molecular weight excluding hydrogens is 357 g/mol. The maximum absolute atomic E-state index is 14.8. The average molecular weight is 380 g/mol. The van der Waals surface area contributed by atoms with E-state index in [1.54, 1.807) is 11.0 Å². The van der Waals surface area contributed by atoms with E-state index in [1.165, 1.54) is 0 Å². The predicted octanol–water partition coefficient (Wildman–Crippen LogP) is 3.24. The topological polar surface area (TPSA) is 59.6 Å². The van der Waals surface area contributed by atoms with E-state index in [1.807, 2.05) is 6.92 Å². The third kappa shape index (κ3) is 2.58. The average Bonchev–Trinajstić information content (AvgIpc) is 3.22. The zero-order valence-corrected chi connectivity index (χ0v) is 15.7. The van der Waals surface area contributed by atoms with Gasteiger partial charge in [0.25, 0.3) is 0 Å². The molecule has 1 saturated heterocycles. The number of aliphatic hydroxyl groups is 1. The summed E-state index contributed by atoms with van der Waals surface area (Å²) in [7, 11) is 0. The quantitative estimate of drug-likeness (QED) is 0.842. The third-order valence-corrected chi connectivity index (χ3v) is 6.05. The fourth-order valence-corrected chi connectivity index (χ4v) is 4.64. The molecule has 0 bridgehead atoms. The van der Waals surface area contributed by atoms with Crippen LogP contribution in [0.2, 0.25) is 5.02 Å². The van der Waals surface area contributed by atoms with Crippen LogP contribution in [0.5, 0.6) is 0 Å². The molecule has 140 valence electrons. The Bertz CT molecular complexity index is 882. The lowest BCUT2D eigenvalue weighted by Crippen LogP contribution is -2.40. The van der Waals surface area contributed by atoms with Gasteiger partial charge >= 0.3 is 0 Å². The number of nitrogens with one attached hydrogen (secondary N) is 1. The van der Waals surface area contributed by atoms with Crippen LogP contribution in [0.1, 0.15) is 37.6 Å². The largest absolute Gasteiger partial charge is 0.387 e. The summed E-state index contributed by atoms with van der Waals surface area (Å²) >= 11 is 6.19. The molecule has 0 saturated carbocycles. The van der Waals surface area contributed by atoms with Gasteiger partial charge in [-0.05, 0) is 25.3 Å². The Morgan fingerprint density at radius 1 is 1.42 bits per heavy atom. The number of halogens is 2. The number of aliphatic hydroxyl groups excluding tert-OH is 1. The van der Waals surface area contributed by atoms with Gasteiger partial charge in [-0.2, -0.15) is 0 Å². The molecule has 2 N–H and O–H groups in total. The van der Waals surface area contributed by atoms with Crippen LogP contribution < -0.4 is 4.90 Å². The first kappa shape index (κ1) is 17.6. The van der Waals surface area contributed by atoms with Gasteiger partial charge in [0.15, 0.2) is 5.82 Å². The molecule has 0 radical (unpaired) electrons. The summed E-state index contributed by atoms with van der Waals surface area (Å²) in [4.78, 5) is 19.3. The number of aromatic nitrogens is 1. The molecule has 2 atom stereocenters. The van der Waals surface area contributed by atoms with Crippen molar-refractivity contribution in [2.75, 3.05) is 31.1 Å². The number of carbonyl (C=O) groups excluding carboxylic acids is 1. The van der Waals surface area contributed by atoms with Gasteiger partial charge in [0.2, 0.25) is 5.91 Å². The predicted molar refractivity (Wildman–Crippen MR) is 100 cm³/mol. The molecule has 0 unspecified atom stereocenters. The highest BCUT2D eigenvalue weighted by atomic mass is 35.5. The number of nitrogens with zero attached hydrogens (tertiary/aromatic N) is 2. The maximum atomic E-state index is 14.8. The standard InChI is InChI=1S/C19H23ClFN3O2/c1-10-3-5-23(8-10)14-7-12(20)18(21)19-17(14)16-11(2)24(15(26)9-25)6-4-13(16)22-19/h7,10-11,22,25H,3-6,8-9H2,1-2H3/t10-,11+/m1/s1. The molecule has 1 amide bonds. The molecule has 3 heterocycles. The molecule has 7 heteroatoms. The summed E-state index contributed by atoms with van der Waals surface area (Å²) in [5.74, 6) is -0.170. The SMILES string of the molecule is C[C@@H]1CCN(c2cc(Cl)c(F)c3[nH]c4c(c23)[C@H](C)N(C(=O)CO)CC4)C1. The summed E-state index contributed by atoms with van der Waals surface area (Å²) in [5, 5.41) is 10.2. The second-order valence-electron chi connectivity index (χ2n) is 7.47. The molecule has 4 rings (SSSR count). The first-order valence-electron chi connectivity index (χ1n) is 9.10. The Balaban J connectivity index is 1.92. The van der Waals surface area contributed by atoms with Crippen LogP contribution in [0.15, 0.2) is 6.07 Å². The number of amides is 1. The van der Waals surface area contributed by atoms with E-state index in [-0.39, 0.29) is 17.0 Å². The van der Waals surface area contributed by atoms with Crippen LogP contribution in [0.25, 0.3) is 10.9 Å². The number of hydrogen-bond acceptors (Lipinski definition) is 3. The van der Waals surface area contributed by atoms with Crippen molar-refractivity contribution in [3.8, 4) is 0 Å². The van der Waals surface area contributed by atoms with Crippen LogP contribution in [0.3, 0.4) is 0 Å². The van der Waals surface area contributed by atoms with Gasteiger partial charge in [0.05, 0.1) is 16.6 Å². The van der Waals surface area contributed by atoms with Crippen molar-refractivity contribution >= 4 is 34.1 Å². The van der Waals surface area contributed by atoms with E-state index >= 15 is 0 Å². The first-order chi connectivity index (χ1) is 12.4. The molecule has 2 aromatic rings. The lowest BCUT2D eigenvalue weighted by molar-refractivity contribution is -0.136. The normalized spacial score (nSPS) is 23.0. The lowest BCUT2D eigenvalue weighted by atomic mass is 9.95. The molecular formula is C19H23ClFN3O2. The minimum absolute atomic E-state index is 0.113.